The van der Waals surface area contributed by atoms with Gasteiger partial charge in [0.1, 0.15) is 18.8 Å². The smallest absolute Gasteiger partial charge is 0.407 e. The third-order valence-corrected chi connectivity index (χ3v) is 4.14. The number of nitrogens with one attached hydrogen (secondary N) is 1. The predicted molar refractivity (Wildman–Crippen MR) is 98.4 cm³/mol. The molecule has 0 bridgehead atoms. The van der Waals surface area contributed by atoms with Crippen LogP contribution in [0.3, 0.4) is 0 Å². The topological polar surface area (TPSA) is 116 Å². The Morgan fingerprint density at radius 1 is 1.11 bits per heavy atom. The van der Waals surface area contributed by atoms with Gasteiger partial charge in [0.25, 0.3) is 0 Å². The number of carbonyl (C=O) groups excluding carboxylic acids is 1. The van der Waals surface area contributed by atoms with Crippen molar-refractivity contribution in [2.75, 3.05) is 6.54 Å². The van der Waals surface area contributed by atoms with Crippen molar-refractivity contribution in [1.29, 1.82) is 0 Å². The van der Waals surface area contributed by atoms with Crippen LogP contribution >= 0.6 is 11.6 Å². The number of ether oxygens (including phenoxy) is 1. The molecule has 1 amide bonds. The highest BCUT2D eigenvalue weighted by molar-refractivity contribution is 6.31. The van der Waals surface area contributed by atoms with Crippen molar-refractivity contribution >= 4 is 23.7 Å². The Labute approximate surface area is 161 Å². The highest BCUT2D eigenvalue weighted by Crippen LogP contribution is 2.24. The second-order valence-electron chi connectivity index (χ2n) is 5.88. The summed E-state index contributed by atoms with van der Waals surface area (Å²) in [5.74, 6) is -1.02. The summed E-state index contributed by atoms with van der Waals surface area (Å²) in [5, 5.41) is 31.6. The number of aliphatic hydroxyl groups is 2. The lowest BCUT2D eigenvalue weighted by Gasteiger charge is -2.19. The summed E-state index contributed by atoms with van der Waals surface area (Å²) in [5.41, 5.74) is 1.53. The standard InChI is InChI=1S/C19H20ClNO6/c20-15-8-14(7-6-13(15)9-17(23)24)18(25)16(22)10-21-19(26)27-11-12-4-2-1-3-5-12/h1-8,16,18,22,25H,9-11H2,(H,21,26)(H,23,24). The van der Waals surface area contributed by atoms with E-state index in [0.717, 1.165) is 5.56 Å². The molecule has 0 heterocycles. The van der Waals surface area contributed by atoms with Crippen LogP contribution in [0.5, 0.6) is 0 Å². The minimum absolute atomic E-state index is 0.0893. The summed E-state index contributed by atoms with van der Waals surface area (Å²) < 4.78 is 5.02. The molecule has 2 unspecified atom stereocenters. The van der Waals surface area contributed by atoms with Crippen LogP contribution in [-0.2, 0) is 22.6 Å². The van der Waals surface area contributed by atoms with Crippen LogP contribution in [0.4, 0.5) is 4.79 Å². The van der Waals surface area contributed by atoms with Crippen molar-refractivity contribution < 1.29 is 29.6 Å². The Morgan fingerprint density at radius 2 is 1.81 bits per heavy atom. The van der Waals surface area contributed by atoms with Gasteiger partial charge in [-0.25, -0.2) is 4.79 Å². The van der Waals surface area contributed by atoms with E-state index in [1.807, 2.05) is 30.3 Å². The zero-order valence-corrected chi connectivity index (χ0v) is 15.1. The third-order valence-electron chi connectivity index (χ3n) is 3.79. The lowest BCUT2D eigenvalue weighted by molar-refractivity contribution is -0.136. The maximum Gasteiger partial charge on any atom is 0.407 e. The Bertz CT molecular complexity index is 783. The number of amides is 1. The maximum absolute atomic E-state index is 11.7. The minimum Gasteiger partial charge on any atom is -0.481 e. The number of hydrogen-bond donors (Lipinski definition) is 4. The highest BCUT2D eigenvalue weighted by Gasteiger charge is 2.20. The molecule has 27 heavy (non-hydrogen) atoms. The number of rotatable bonds is 8. The molecule has 0 saturated carbocycles. The number of hydrogen-bond acceptors (Lipinski definition) is 5. The van der Waals surface area contributed by atoms with E-state index in [1.54, 1.807) is 0 Å². The molecule has 0 spiro atoms. The maximum atomic E-state index is 11.7. The van der Waals surface area contributed by atoms with Crippen molar-refractivity contribution in [3.05, 3.63) is 70.2 Å². The Balaban J connectivity index is 1.84. The normalized spacial score (nSPS) is 12.9. The molecule has 0 radical (unpaired) electrons. The van der Waals surface area contributed by atoms with E-state index in [4.69, 9.17) is 21.4 Å². The molecule has 2 aromatic rings. The first-order valence-corrected chi connectivity index (χ1v) is 8.55. The van der Waals surface area contributed by atoms with E-state index >= 15 is 0 Å². The number of aliphatic hydroxyl groups excluding tert-OH is 2. The number of halogens is 1. The van der Waals surface area contributed by atoms with E-state index in [2.05, 4.69) is 5.32 Å². The fraction of sp³-hybridized carbons (Fsp3) is 0.263. The van der Waals surface area contributed by atoms with Crippen molar-refractivity contribution in [3.8, 4) is 0 Å². The molecule has 7 nitrogen and oxygen atoms in total. The van der Waals surface area contributed by atoms with Gasteiger partial charge in [0.2, 0.25) is 0 Å². The molecule has 4 N–H and O–H groups in total. The van der Waals surface area contributed by atoms with Gasteiger partial charge in [-0.15, -0.1) is 0 Å². The number of benzene rings is 2. The number of carboxylic acid groups (broad SMARTS) is 1. The number of carboxylic acids is 1. The van der Waals surface area contributed by atoms with Gasteiger partial charge >= 0.3 is 12.1 Å². The Hall–Kier alpha value is -2.61. The number of aliphatic carboxylic acids is 1. The molecule has 2 aromatic carbocycles. The molecular formula is C19H20ClNO6. The first-order chi connectivity index (χ1) is 12.9. The van der Waals surface area contributed by atoms with Gasteiger partial charge in [-0.3, -0.25) is 4.79 Å². The Morgan fingerprint density at radius 3 is 2.44 bits per heavy atom. The average molecular weight is 394 g/mol. The van der Waals surface area contributed by atoms with Gasteiger partial charge in [-0.2, -0.15) is 0 Å². The van der Waals surface area contributed by atoms with Gasteiger partial charge < -0.3 is 25.4 Å². The largest absolute Gasteiger partial charge is 0.481 e. The molecular weight excluding hydrogens is 374 g/mol. The Kier molecular flexibility index (Phi) is 7.60. The lowest BCUT2D eigenvalue weighted by atomic mass is 10.0. The van der Waals surface area contributed by atoms with Gasteiger partial charge in [-0.1, -0.05) is 54.1 Å². The third kappa shape index (κ3) is 6.56. The molecule has 0 fully saturated rings. The molecule has 0 aliphatic rings. The molecule has 0 aliphatic carbocycles. The predicted octanol–water partition coefficient (Wildman–Crippen LogP) is 2.29. The molecule has 2 atom stereocenters. The van der Waals surface area contributed by atoms with Crippen LogP contribution in [-0.4, -0.2) is 40.0 Å². The van der Waals surface area contributed by atoms with Crippen LogP contribution in [0.15, 0.2) is 48.5 Å². The van der Waals surface area contributed by atoms with Crippen LogP contribution in [0.1, 0.15) is 22.8 Å². The molecule has 0 saturated heterocycles. The second-order valence-corrected chi connectivity index (χ2v) is 6.28. The zero-order valence-electron chi connectivity index (χ0n) is 14.3. The van der Waals surface area contributed by atoms with Crippen LogP contribution in [0.25, 0.3) is 0 Å². The van der Waals surface area contributed by atoms with Crippen molar-refractivity contribution in [1.82, 2.24) is 5.32 Å². The van der Waals surface area contributed by atoms with Crippen LogP contribution < -0.4 is 5.32 Å². The van der Waals surface area contributed by atoms with Gasteiger partial charge in [0.05, 0.1) is 6.42 Å². The summed E-state index contributed by atoms with van der Waals surface area (Å²) in [6.07, 6.45) is -3.57. The fourth-order valence-corrected chi connectivity index (χ4v) is 2.61. The second kappa shape index (κ2) is 9.91. The van der Waals surface area contributed by atoms with E-state index in [0.29, 0.717) is 11.1 Å². The van der Waals surface area contributed by atoms with Crippen molar-refractivity contribution in [3.63, 3.8) is 0 Å². The summed E-state index contributed by atoms with van der Waals surface area (Å²) in [6.45, 7) is -0.144. The lowest BCUT2D eigenvalue weighted by Crippen LogP contribution is -2.35. The van der Waals surface area contributed by atoms with Crippen LogP contribution in [0, 0.1) is 0 Å². The van der Waals surface area contributed by atoms with E-state index in [9.17, 15) is 19.8 Å². The summed E-state index contributed by atoms with van der Waals surface area (Å²) in [7, 11) is 0. The fourth-order valence-electron chi connectivity index (χ4n) is 2.35. The summed E-state index contributed by atoms with van der Waals surface area (Å²) in [6, 6.07) is 13.5. The molecule has 2 rings (SSSR count). The van der Waals surface area contributed by atoms with Gasteiger partial charge in [-0.05, 0) is 22.8 Å². The van der Waals surface area contributed by atoms with E-state index < -0.39 is 24.3 Å². The average Bonchev–Trinajstić information content (AvgIpc) is 2.66. The zero-order chi connectivity index (χ0) is 19.8. The first-order valence-electron chi connectivity index (χ1n) is 8.17. The molecule has 8 heteroatoms. The number of carbonyl (C=O) groups is 2. The quantitative estimate of drug-likeness (QED) is 0.546. The van der Waals surface area contributed by atoms with Crippen molar-refractivity contribution in [2.24, 2.45) is 0 Å². The van der Waals surface area contributed by atoms with Gasteiger partial charge in [0, 0.05) is 11.6 Å². The SMILES string of the molecule is O=C(O)Cc1ccc(C(O)C(O)CNC(=O)OCc2ccccc2)cc1Cl. The molecule has 0 aromatic heterocycles. The van der Waals surface area contributed by atoms with Crippen LogP contribution in [0.2, 0.25) is 5.02 Å². The monoisotopic (exact) mass is 393 g/mol. The summed E-state index contributed by atoms with van der Waals surface area (Å²) >= 11 is 6.00. The summed E-state index contributed by atoms with van der Waals surface area (Å²) in [4.78, 5) is 22.4. The minimum atomic E-state index is -1.31. The molecule has 144 valence electrons. The van der Waals surface area contributed by atoms with E-state index in [1.165, 1.54) is 18.2 Å². The van der Waals surface area contributed by atoms with Gasteiger partial charge in [0.15, 0.2) is 0 Å². The van der Waals surface area contributed by atoms with Crippen molar-refractivity contribution in [2.45, 2.75) is 25.2 Å². The highest BCUT2D eigenvalue weighted by atomic mass is 35.5. The molecule has 0 aliphatic heterocycles. The number of alkyl carbamates (subject to hydrolysis) is 1. The first kappa shape index (κ1) is 20.7. The van der Waals surface area contributed by atoms with E-state index in [-0.39, 0.29) is 24.6 Å².